The molecule has 0 spiro atoms. The second kappa shape index (κ2) is 5.15. The molecule has 1 nitrogen and oxygen atoms in total. The van der Waals surface area contributed by atoms with Gasteiger partial charge in [0.1, 0.15) is 0 Å². The Morgan fingerprint density at radius 3 is 2.67 bits per heavy atom. The first-order valence-corrected chi connectivity index (χ1v) is 4.02. The van der Waals surface area contributed by atoms with Crippen LogP contribution in [0.15, 0.2) is 42.5 Å². The number of aryl methyl sites for hydroxylation is 1. The van der Waals surface area contributed by atoms with Crippen molar-refractivity contribution in [1.82, 2.24) is 0 Å². The minimum atomic E-state index is 0.942. The van der Waals surface area contributed by atoms with Crippen molar-refractivity contribution >= 4 is 0 Å². The number of rotatable bonds is 3. The normalized spacial score (nSPS) is 9.92. The largest absolute Gasteiger partial charge is 0.193 e. The van der Waals surface area contributed by atoms with Crippen LogP contribution in [0.3, 0.4) is 0 Å². The molecule has 12 heavy (non-hydrogen) atoms. The Bertz CT molecular complexity index is 280. The molecule has 0 fully saturated rings. The van der Waals surface area contributed by atoms with Crippen LogP contribution >= 0.6 is 0 Å². The van der Waals surface area contributed by atoms with Crippen molar-refractivity contribution in [2.45, 2.75) is 12.8 Å². The van der Waals surface area contributed by atoms with Gasteiger partial charge in [-0.05, 0) is 18.4 Å². The Balaban J connectivity index is 2.35. The summed E-state index contributed by atoms with van der Waals surface area (Å²) in [5, 5.41) is 8.23. The molecule has 0 N–H and O–H groups in total. The first kappa shape index (κ1) is 8.55. The molecule has 0 saturated carbocycles. The van der Waals surface area contributed by atoms with Crippen LogP contribution in [0.5, 0.6) is 0 Å². The molecular weight excluding hydrogens is 146 g/mol. The zero-order valence-electron chi connectivity index (χ0n) is 6.90. The fraction of sp³-hybridized carbons (Fsp3) is 0.182. The van der Waals surface area contributed by atoms with E-state index in [-0.39, 0.29) is 0 Å². The average Bonchev–Trinajstić information content (AvgIpc) is 2.14. The molecule has 0 aliphatic heterocycles. The van der Waals surface area contributed by atoms with Crippen molar-refractivity contribution in [3.05, 3.63) is 48.0 Å². The van der Waals surface area contributed by atoms with Crippen LogP contribution in [-0.4, -0.2) is 0 Å². The SMILES string of the molecule is N#CC=CCCc1ccccc1. The highest BCUT2D eigenvalue weighted by molar-refractivity contribution is 5.15. The van der Waals surface area contributed by atoms with Gasteiger partial charge in [0.2, 0.25) is 0 Å². The number of nitrogens with zero attached hydrogens (tertiary/aromatic N) is 1. The van der Waals surface area contributed by atoms with Gasteiger partial charge in [-0.25, -0.2) is 0 Å². The van der Waals surface area contributed by atoms with Crippen LogP contribution in [0.4, 0.5) is 0 Å². The molecule has 60 valence electrons. The van der Waals surface area contributed by atoms with E-state index >= 15 is 0 Å². The van der Waals surface area contributed by atoms with Gasteiger partial charge in [-0.2, -0.15) is 5.26 Å². The van der Waals surface area contributed by atoms with Crippen molar-refractivity contribution in [1.29, 1.82) is 5.26 Å². The Labute approximate surface area is 73.0 Å². The van der Waals surface area contributed by atoms with Crippen molar-refractivity contribution < 1.29 is 0 Å². The van der Waals surface area contributed by atoms with Gasteiger partial charge in [0.05, 0.1) is 6.07 Å². The molecule has 0 amide bonds. The molecule has 0 radical (unpaired) electrons. The molecular formula is C11H11N. The number of hydrogen-bond acceptors (Lipinski definition) is 1. The third kappa shape index (κ3) is 3.03. The van der Waals surface area contributed by atoms with Gasteiger partial charge in [-0.3, -0.25) is 0 Å². The Morgan fingerprint density at radius 1 is 1.25 bits per heavy atom. The Morgan fingerprint density at radius 2 is 2.00 bits per heavy atom. The van der Waals surface area contributed by atoms with E-state index in [1.807, 2.05) is 30.3 Å². The minimum absolute atomic E-state index is 0.942. The third-order valence-electron chi connectivity index (χ3n) is 1.63. The highest BCUT2D eigenvalue weighted by Crippen LogP contribution is 2.02. The monoisotopic (exact) mass is 157 g/mol. The lowest BCUT2D eigenvalue weighted by Crippen LogP contribution is -1.80. The van der Waals surface area contributed by atoms with E-state index in [1.54, 1.807) is 0 Å². The third-order valence-corrected chi connectivity index (χ3v) is 1.63. The molecule has 0 aliphatic rings. The zero-order valence-corrected chi connectivity index (χ0v) is 6.90. The first-order chi connectivity index (χ1) is 5.93. The van der Waals surface area contributed by atoms with Crippen LogP contribution in [0.1, 0.15) is 12.0 Å². The molecule has 0 aliphatic carbocycles. The highest BCUT2D eigenvalue weighted by atomic mass is 14.2. The topological polar surface area (TPSA) is 23.8 Å². The van der Waals surface area contributed by atoms with Crippen LogP contribution < -0.4 is 0 Å². The lowest BCUT2D eigenvalue weighted by atomic mass is 10.1. The molecule has 0 aromatic heterocycles. The lowest BCUT2D eigenvalue weighted by molar-refractivity contribution is 1.00. The Hall–Kier alpha value is -1.55. The van der Waals surface area contributed by atoms with Gasteiger partial charge in [0.15, 0.2) is 0 Å². The van der Waals surface area contributed by atoms with E-state index in [1.165, 1.54) is 11.6 Å². The smallest absolute Gasteiger partial charge is 0.0908 e. The maximum Gasteiger partial charge on any atom is 0.0908 e. The van der Waals surface area contributed by atoms with Crippen molar-refractivity contribution in [3.8, 4) is 6.07 Å². The summed E-state index contributed by atoms with van der Waals surface area (Å²) in [4.78, 5) is 0. The van der Waals surface area contributed by atoms with E-state index in [0.29, 0.717) is 0 Å². The second-order valence-corrected chi connectivity index (χ2v) is 2.56. The quantitative estimate of drug-likeness (QED) is 0.619. The fourth-order valence-electron chi connectivity index (χ4n) is 1.03. The summed E-state index contributed by atoms with van der Waals surface area (Å²) in [5.74, 6) is 0. The predicted molar refractivity (Wildman–Crippen MR) is 49.5 cm³/mol. The average molecular weight is 157 g/mol. The Kier molecular flexibility index (Phi) is 3.67. The summed E-state index contributed by atoms with van der Waals surface area (Å²) in [6, 6.07) is 12.2. The summed E-state index contributed by atoms with van der Waals surface area (Å²) in [7, 11) is 0. The highest BCUT2D eigenvalue weighted by Gasteiger charge is 1.86. The molecule has 1 heteroatoms. The summed E-state index contributed by atoms with van der Waals surface area (Å²) in [6.07, 6.45) is 5.38. The fourth-order valence-corrected chi connectivity index (χ4v) is 1.03. The predicted octanol–water partition coefficient (Wildman–Crippen LogP) is 2.70. The van der Waals surface area contributed by atoms with Gasteiger partial charge in [0, 0.05) is 6.08 Å². The van der Waals surface area contributed by atoms with Gasteiger partial charge in [-0.15, -0.1) is 0 Å². The van der Waals surface area contributed by atoms with E-state index in [4.69, 9.17) is 5.26 Å². The van der Waals surface area contributed by atoms with Crippen molar-refractivity contribution in [2.24, 2.45) is 0 Å². The number of benzene rings is 1. The molecule has 1 aromatic carbocycles. The number of allylic oxidation sites excluding steroid dienone is 2. The van der Waals surface area contributed by atoms with E-state index < -0.39 is 0 Å². The molecule has 0 bridgehead atoms. The standard InChI is InChI=1S/C11H11N/c12-10-6-2-5-9-11-7-3-1-4-8-11/h1-4,6-8H,5,9H2. The van der Waals surface area contributed by atoms with Gasteiger partial charge >= 0.3 is 0 Å². The number of nitriles is 1. The van der Waals surface area contributed by atoms with E-state index in [9.17, 15) is 0 Å². The van der Waals surface area contributed by atoms with Gasteiger partial charge in [-0.1, -0.05) is 36.4 Å². The molecule has 1 rings (SSSR count). The lowest BCUT2D eigenvalue weighted by Gasteiger charge is -1.94. The van der Waals surface area contributed by atoms with Crippen LogP contribution in [0, 0.1) is 11.3 Å². The molecule has 0 unspecified atom stereocenters. The summed E-state index contributed by atoms with van der Waals surface area (Å²) >= 11 is 0. The number of hydrogen-bond donors (Lipinski definition) is 0. The summed E-state index contributed by atoms with van der Waals surface area (Å²) in [5.41, 5.74) is 1.32. The van der Waals surface area contributed by atoms with Crippen molar-refractivity contribution in [2.75, 3.05) is 0 Å². The zero-order chi connectivity index (χ0) is 8.65. The maximum atomic E-state index is 8.23. The molecule has 1 aromatic rings. The molecule has 0 atom stereocenters. The minimum Gasteiger partial charge on any atom is -0.193 e. The van der Waals surface area contributed by atoms with E-state index in [0.717, 1.165) is 12.8 Å². The molecule has 0 saturated heterocycles. The summed E-state index contributed by atoms with van der Waals surface area (Å²) < 4.78 is 0. The van der Waals surface area contributed by atoms with Crippen molar-refractivity contribution in [3.63, 3.8) is 0 Å². The van der Waals surface area contributed by atoms with Gasteiger partial charge < -0.3 is 0 Å². The van der Waals surface area contributed by atoms with Crippen LogP contribution in [0.2, 0.25) is 0 Å². The van der Waals surface area contributed by atoms with E-state index in [2.05, 4.69) is 12.1 Å². The van der Waals surface area contributed by atoms with Crippen LogP contribution in [-0.2, 0) is 6.42 Å². The van der Waals surface area contributed by atoms with Crippen LogP contribution in [0.25, 0.3) is 0 Å². The molecule has 0 heterocycles. The first-order valence-electron chi connectivity index (χ1n) is 4.02. The summed E-state index contributed by atoms with van der Waals surface area (Å²) in [6.45, 7) is 0. The van der Waals surface area contributed by atoms with Gasteiger partial charge in [0.25, 0.3) is 0 Å². The maximum absolute atomic E-state index is 8.23. The second-order valence-electron chi connectivity index (χ2n) is 2.56.